The smallest absolute Gasteiger partial charge is 0.251 e. The first-order chi connectivity index (χ1) is 9.30. The Balaban J connectivity index is 1.89. The lowest BCUT2D eigenvalue weighted by molar-refractivity contribution is -0.0233. The molecule has 4 nitrogen and oxygen atoms in total. The fourth-order valence-corrected chi connectivity index (χ4v) is 2.55. The molecule has 2 rings (SSSR count). The zero-order valence-electron chi connectivity index (χ0n) is 12.3. The van der Waals surface area contributed by atoms with E-state index >= 15 is 0 Å². The van der Waals surface area contributed by atoms with Crippen molar-refractivity contribution in [2.24, 2.45) is 5.41 Å². The van der Waals surface area contributed by atoms with Gasteiger partial charge in [0.2, 0.25) is 0 Å². The van der Waals surface area contributed by atoms with E-state index < -0.39 is 5.60 Å². The van der Waals surface area contributed by atoms with Gasteiger partial charge >= 0.3 is 0 Å². The average molecular weight is 276 g/mol. The lowest BCUT2D eigenvalue weighted by atomic mass is 9.71. The molecule has 1 aliphatic rings. The Morgan fingerprint density at radius 2 is 1.75 bits per heavy atom. The van der Waals surface area contributed by atoms with Gasteiger partial charge in [-0.25, -0.2) is 0 Å². The van der Waals surface area contributed by atoms with Crippen molar-refractivity contribution in [3.63, 3.8) is 0 Å². The first-order valence-corrected chi connectivity index (χ1v) is 7.16. The Morgan fingerprint density at radius 1 is 1.20 bits per heavy atom. The van der Waals surface area contributed by atoms with E-state index in [1.54, 1.807) is 24.3 Å². The molecule has 0 heterocycles. The summed E-state index contributed by atoms with van der Waals surface area (Å²) in [4.78, 5) is 12.0. The van der Waals surface area contributed by atoms with E-state index in [0.29, 0.717) is 23.2 Å². The molecule has 1 amide bonds. The first-order valence-electron chi connectivity index (χ1n) is 7.16. The minimum Gasteiger partial charge on any atom is -0.399 e. The summed E-state index contributed by atoms with van der Waals surface area (Å²) in [7, 11) is 0. The van der Waals surface area contributed by atoms with Gasteiger partial charge in [-0.1, -0.05) is 13.8 Å². The predicted molar refractivity (Wildman–Crippen MR) is 80.4 cm³/mol. The Morgan fingerprint density at radius 3 is 2.30 bits per heavy atom. The van der Waals surface area contributed by atoms with Gasteiger partial charge < -0.3 is 16.2 Å². The normalized spacial score (nSPS) is 20.4. The van der Waals surface area contributed by atoms with Gasteiger partial charge in [-0.2, -0.15) is 0 Å². The molecule has 0 atom stereocenters. The summed E-state index contributed by atoms with van der Waals surface area (Å²) in [6.45, 7) is 4.76. The Kier molecular flexibility index (Phi) is 4.04. The molecule has 110 valence electrons. The molecule has 1 aromatic carbocycles. The van der Waals surface area contributed by atoms with Crippen LogP contribution in [0.5, 0.6) is 0 Å². The fourth-order valence-electron chi connectivity index (χ4n) is 2.55. The maximum atomic E-state index is 12.0. The van der Waals surface area contributed by atoms with Crippen molar-refractivity contribution < 1.29 is 9.90 Å². The lowest BCUT2D eigenvalue weighted by Gasteiger charge is -2.40. The molecule has 20 heavy (non-hydrogen) atoms. The van der Waals surface area contributed by atoms with Crippen molar-refractivity contribution in [3.8, 4) is 0 Å². The molecule has 1 fully saturated rings. The number of aliphatic hydroxyl groups is 1. The summed E-state index contributed by atoms with van der Waals surface area (Å²) in [5.74, 6) is -0.164. The van der Waals surface area contributed by atoms with Gasteiger partial charge in [-0.15, -0.1) is 0 Å². The molecule has 4 N–H and O–H groups in total. The SMILES string of the molecule is CC1(C)CCC(O)(CNC(=O)c2ccc(N)cc2)CC1. The van der Waals surface area contributed by atoms with Crippen LogP contribution >= 0.6 is 0 Å². The number of hydrogen-bond acceptors (Lipinski definition) is 3. The number of anilines is 1. The van der Waals surface area contributed by atoms with Gasteiger partial charge in [0.25, 0.3) is 5.91 Å². The van der Waals surface area contributed by atoms with Gasteiger partial charge in [0.1, 0.15) is 0 Å². The lowest BCUT2D eigenvalue weighted by Crippen LogP contribution is -2.46. The molecule has 4 heteroatoms. The summed E-state index contributed by atoms with van der Waals surface area (Å²) in [6, 6.07) is 6.79. The molecule has 0 aliphatic heterocycles. The highest BCUT2D eigenvalue weighted by Gasteiger charge is 2.36. The van der Waals surface area contributed by atoms with Crippen LogP contribution in [0.4, 0.5) is 5.69 Å². The summed E-state index contributed by atoms with van der Waals surface area (Å²) < 4.78 is 0. The number of nitrogens with one attached hydrogen (secondary N) is 1. The van der Waals surface area contributed by atoms with Crippen molar-refractivity contribution in [1.82, 2.24) is 5.32 Å². The predicted octanol–water partition coefficient (Wildman–Crippen LogP) is 2.33. The number of carbonyl (C=O) groups excluding carboxylic acids is 1. The van der Waals surface area contributed by atoms with E-state index in [1.807, 2.05) is 0 Å². The topological polar surface area (TPSA) is 75.3 Å². The van der Waals surface area contributed by atoms with E-state index in [1.165, 1.54) is 0 Å². The highest BCUT2D eigenvalue weighted by molar-refractivity contribution is 5.94. The number of rotatable bonds is 3. The van der Waals surface area contributed by atoms with Gasteiger partial charge in [-0.05, 0) is 55.4 Å². The second-order valence-electron chi connectivity index (χ2n) is 6.69. The maximum Gasteiger partial charge on any atom is 0.251 e. The highest BCUT2D eigenvalue weighted by Crippen LogP contribution is 2.39. The minimum atomic E-state index is -0.765. The molecule has 0 radical (unpaired) electrons. The van der Waals surface area contributed by atoms with Crippen molar-refractivity contribution in [1.29, 1.82) is 0 Å². The van der Waals surface area contributed by atoms with E-state index in [4.69, 9.17) is 5.73 Å². The zero-order valence-corrected chi connectivity index (χ0v) is 12.3. The third-order valence-corrected chi connectivity index (χ3v) is 4.29. The average Bonchev–Trinajstić information content (AvgIpc) is 2.41. The van der Waals surface area contributed by atoms with E-state index in [9.17, 15) is 9.90 Å². The summed E-state index contributed by atoms with van der Waals surface area (Å²) in [6.07, 6.45) is 3.45. The number of nitrogen functional groups attached to an aromatic ring is 1. The second-order valence-corrected chi connectivity index (χ2v) is 6.69. The third-order valence-electron chi connectivity index (χ3n) is 4.29. The Bertz CT molecular complexity index is 470. The summed E-state index contributed by atoms with van der Waals surface area (Å²) >= 11 is 0. The monoisotopic (exact) mass is 276 g/mol. The standard InChI is InChI=1S/C16H24N2O2/c1-15(2)7-9-16(20,10-8-15)11-18-14(19)12-3-5-13(17)6-4-12/h3-6,20H,7-11,17H2,1-2H3,(H,18,19). The van der Waals surface area contributed by atoms with Crippen molar-refractivity contribution >= 4 is 11.6 Å². The van der Waals surface area contributed by atoms with Crippen LogP contribution in [-0.4, -0.2) is 23.2 Å². The van der Waals surface area contributed by atoms with Crippen LogP contribution in [0.3, 0.4) is 0 Å². The van der Waals surface area contributed by atoms with Crippen LogP contribution in [0.2, 0.25) is 0 Å². The van der Waals surface area contributed by atoms with Gasteiger partial charge in [-0.3, -0.25) is 4.79 Å². The largest absolute Gasteiger partial charge is 0.399 e. The van der Waals surface area contributed by atoms with Crippen LogP contribution in [0.1, 0.15) is 49.9 Å². The maximum absolute atomic E-state index is 12.0. The third kappa shape index (κ3) is 3.73. The summed E-state index contributed by atoms with van der Waals surface area (Å²) in [5, 5.41) is 13.3. The van der Waals surface area contributed by atoms with Gasteiger partial charge in [0.05, 0.1) is 5.60 Å². The van der Waals surface area contributed by atoms with Crippen LogP contribution in [0, 0.1) is 5.41 Å². The Hall–Kier alpha value is -1.55. The Labute approximate surface area is 120 Å². The van der Waals surface area contributed by atoms with E-state index in [-0.39, 0.29) is 5.91 Å². The fraction of sp³-hybridized carbons (Fsp3) is 0.562. The second kappa shape index (κ2) is 5.44. The molecule has 1 saturated carbocycles. The van der Waals surface area contributed by atoms with E-state index in [2.05, 4.69) is 19.2 Å². The number of benzene rings is 1. The molecule has 0 spiro atoms. The molecule has 0 unspecified atom stereocenters. The van der Waals surface area contributed by atoms with Crippen molar-refractivity contribution in [3.05, 3.63) is 29.8 Å². The minimum absolute atomic E-state index is 0.164. The molecular weight excluding hydrogens is 252 g/mol. The number of nitrogens with two attached hydrogens (primary N) is 1. The van der Waals surface area contributed by atoms with Crippen LogP contribution in [0.25, 0.3) is 0 Å². The molecule has 0 bridgehead atoms. The first kappa shape index (κ1) is 14.9. The van der Waals surface area contributed by atoms with Gasteiger partial charge in [0.15, 0.2) is 0 Å². The summed E-state index contributed by atoms with van der Waals surface area (Å²) in [5.41, 5.74) is 6.33. The number of amides is 1. The molecule has 0 aromatic heterocycles. The number of hydrogen-bond donors (Lipinski definition) is 3. The van der Waals surface area contributed by atoms with Crippen LogP contribution in [0.15, 0.2) is 24.3 Å². The molecule has 0 saturated heterocycles. The van der Waals surface area contributed by atoms with Crippen molar-refractivity contribution in [2.45, 2.75) is 45.1 Å². The molecular formula is C16H24N2O2. The van der Waals surface area contributed by atoms with Crippen LogP contribution in [-0.2, 0) is 0 Å². The quantitative estimate of drug-likeness (QED) is 0.742. The van der Waals surface area contributed by atoms with Gasteiger partial charge in [0, 0.05) is 17.8 Å². The van der Waals surface area contributed by atoms with E-state index in [0.717, 1.165) is 25.7 Å². The van der Waals surface area contributed by atoms with Crippen LogP contribution < -0.4 is 11.1 Å². The molecule has 1 aliphatic carbocycles. The molecule has 1 aromatic rings. The van der Waals surface area contributed by atoms with Crippen molar-refractivity contribution in [2.75, 3.05) is 12.3 Å². The highest BCUT2D eigenvalue weighted by atomic mass is 16.3. The number of carbonyl (C=O) groups is 1. The zero-order chi connectivity index (χ0) is 14.8.